The van der Waals surface area contributed by atoms with Gasteiger partial charge >= 0.3 is 6.09 Å². The van der Waals surface area contributed by atoms with Crippen molar-refractivity contribution < 1.29 is 18.7 Å². The molecule has 1 aliphatic heterocycles. The van der Waals surface area contributed by atoms with E-state index in [1.807, 2.05) is 0 Å². The number of carbonyl (C=O) groups excluding carboxylic acids is 2. The maximum Gasteiger partial charge on any atom is 0.414 e. The van der Waals surface area contributed by atoms with Crippen molar-refractivity contribution in [3.8, 4) is 11.3 Å². The number of nitrogens with zero attached hydrogens (tertiary/aromatic N) is 3. The molecule has 1 fully saturated rings. The quantitative estimate of drug-likeness (QED) is 0.645. The summed E-state index contributed by atoms with van der Waals surface area (Å²) < 4.78 is 20.0. The van der Waals surface area contributed by atoms with Crippen LogP contribution < -0.4 is 10.2 Å². The number of nitrogens with one attached hydrogen (secondary N) is 2. The highest BCUT2D eigenvalue weighted by atomic mass is 32.1. The predicted octanol–water partition coefficient (Wildman–Crippen LogP) is 2.72. The fraction of sp³-hybridized carbons (Fsp3) is 0.263. The molecule has 0 bridgehead atoms. The van der Waals surface area contributed by atoms with Gasteiger partial charge in [0.1, 0.15) is 22.8 Å². The SMILES string of the molecule is CC(=O)NCC1CN(c2ccc(-c3csc(Cc4ncc[nH]4)n3)c(F)c2)C(=O)O1. The van der Waals surface area contributed by atoms with E-state index in [0.29, 0.717) is 23.4 Å². The minimum absolute atomic E-state index is 0.204. The monoisotopic (exact) mass is 415 g/mol. The summed E-state index contributed by atoms with van der Waals surface area (Å²) in [5, 5.41) is 5.23. The van der Waals surface area contributed by atoms with Gasteiger partial charge in [-0.2, -0.15) is 0 Å². The standard InChI is InChI=1S/C19H18FN5O3S/c1-11(26)23-8-13-9-25(19(27)28-13)12-2-3-14(15(20)6-12)16-10-29-18(24-16)7-17-21-4-5-22-17/h2-6,10,13H,7-9H2,1H3,(H,21,22)(H,23,26). The van der Waals surface area contributed by atoms with Crippen LogP contribution in [0.15, 0.2) is 36.0 Å². The van der Waals surface area contributed by atoms with Crippen LogP contribution in [0.4, 0.5) is 14.9 Å². The lowest BCUT2D eigenvalue weighted by atomic mass is 10.1. The van der Waals surface area contributed by atoms with Crippen LogP contribution in [0.3, 0.4) is 0 Å². The highest BCUT2D eigenvalue weighted by molar-refractivity contribution is 7.10. The Balaban J connectivity index is 1.48. The number of hydrogen-bond donors (Lipinski definition) is 2. The van der Waals surface area contributed by atoms with Gasteiger partial charge < -0.3 is 15.0 Å². The van der Waals surface area contributed by atoms with Crippen LogP contribution in [0.5, 0.6) is 0 Å². The molecule has 3 heterocycles. The van der Waals surface area contributed by atoms with Crippen LogP contribution in [0.2, 0.25) is 0 Å². The third-order valence-electron chi connectivity index (χ3n) is 4.42. The van der Waals surface area contributed by atoms with Crippen molar-refractivity contribution in [1.29, 1.82) is 0 Å². The number of hydrogen-bond acceptors (Lipinski definition) is 6. The van der Waals surface area contributed by atoms with E-state index in [-0.39, 0.29) is 19.0 Å². The van der Waals surface area contributed by atoms with E-state index in [1.165, 1.54) is 29.2 Å². The van der Waals surface area contributed by atoms with Crippen molar-refractivity contribution >= 4 is 29.0 Å². The normalized spacial score (nSPS) is 16.1. The Kier molecular flexibility index (Phi) is 5.26. The number of carbonyl (C=O) groups is 2. The number of imidazole rings is 1. The highest BCUT2D eigenvalue weighted by Crippen LogP contribution is 2.30. The van der Waals surface area contributed by atoms with Gasteiger partial charge in [0, 0.05) is 30.3 Å². The maximum atomic E-state index is 14.8. The van der Waals surface area contributed by atoms with E-state index in [9.17, 15) is 14.0 Å². The fourth-order valence-corrected chi connectivity index (χ4v) is 3.83. The van der Waals surface area contributed by atoms with Crippen LogP contribution >= 0.6 is 11.3 Å². The smallest absolute Gasteiger partial charge is 0.414 e. The summed E-state index contributed by atoms with van der Waals surface area (Å²) in [6.07, 6.45) is 2.92. The van der Waals surface area contributed by atoms with Crippen LogP contribution in [0, 0.1) is 5.82 Å². The number of H-pyrrole nitrogens is 1. The maximum absolute atomic E-state index is 14.8. The van der Waals surface area contributed by atoms with E-state index in [1.54, 1.807) is 29.9 Å². The minimum atomic E-state index is -0.568. The molecule has 3 aromatic rings. The first-order chi connectivity index (χ1) is 14.0. The molecule has 4 rings (SSSR count). The van der Waals surface area contributed by atoms with Crippen molar-refractivity contribution in [2.45, 2.75) is 19.4 Å². The first kappa shape index (κ1) is 19.1. The number of thiazole rings is 1. The molecule has 8 nitrogen and oxygen atoms in total. The Morgan fingerprint density at radius 2 is 2.34 bits per heavy atom. The van der Waals surface area contributed by atoms with E-state index in [2.05, 4.69) is 20.3 Å². The predicted molar refractivity (Wildman–Crippen MR) is 105 cm³/mol. The number of amides is 2. The lowest BCUT2D eigenvalue weighted by Crippen LogP contribution is -2.33. The largest absolute Gasteiger partial charge is 0.442 e. The summed E-state index contributed by atoms with van der Waals surface area (Å²) in [6.45, 7) is 1.85. The molecule has 1 atom stereocenters. The molecule has 0 saturated carbocycles. The molecule has 2 N–H and O–H groups in total. The molecular formula is C19H18FN5O3S. The van der Waals surface area contributed by atoms with Gasteiger partial charge in [-0.3, -0.25) is 9.69 Å². The molecule has 0 aliphatic carbocycles. The molecule has 1 aliphatic rings. The Hall–Kier alpha value is -3.27. The average molecular weight is 415 g/mol. The number of aromatic nitrogens is 3. The van der Waals surface area contributed by atoms with Crippen LogP contribution in [-0.4, -0.2) is 46.1 Å². The van der Waals surface area contributed by atoms with E-state index in [0.717, 1.165) is 10.8 Å². The summed E-state index contributed by atoms with van der Waals surface area (Å²) in [4.78, 5) is 36.1. The highest BCUT2D eigenvalue weighted by Gasteiger charge is 2.32. The van der Waals surface area contributed by atoms with E-state index >= 15 is 0 Å². The third-order valence-corrected chi connectivity index (χ3v) is 5.27. The summed E-state index contributed by atoms with van der Waals surface area (Å²) >= 11 is 1.43. The lowest BCUT2D eigenvalue weighted by Gasteiger charge is -2.14. The molecule has 10 heteroatoms. The van der Waals surface area contributed by atoms with Gasteiger partial charge in [0.2, 0.25) is 5.91 Å². The molecule has 150 valence electrons. The second kappa shape index (κ2) is 8.00. The summed E-state index contributed by atoms with van der Waals surface area (Å²) in [7, 11) is 0. The van der Waals surface area contributed by atoms with Gasteiger partial charge in [-0.25, -0.2) is 19.2 Å². The van der Waals surface area contributed by atoms with Crippen molar-refractivity contribution in [2.75, 3.05) is 18.0 Å². The van der Waals surface area contributed by atoms with Crippen LogP contribution in [-0.2, 0) is 16.0 Å². The van der Waals surface area contributed by atoms with Gasteiger partial charge in [-0.15, -0.1) is 11.3 Å². The summed E-state index contributed by atoms with van der Waals surface area (Å²) in [5.41, 5.74) is 1.29. The molecular weight excluding hydrogens is 397 g/mol. The molecule has 2 amide bonds. The molecule has 1 unspecified atom stereocenters. The Bertz CT molecular complexity index is 1040. The third kappa shape index (κ3) is 4.27. The number of benzene rings is 1. The van der Waals surface area contributed by atoms with Gasteiger partial charge in [-0.1, -0.05) is 0 Å². The first-order valence-electron chi connectivity index (χ1n) is 8.95. The van der Waals surface area contributed by atoms with Crippen LogP contribution in [0.1, 0.15) is 17.8 Å². The van der Waals surface area contributed by atoms with Gasteiger partial charge in [-0.05, 0) is 18.2 Å². The zero-order valence-corrected chi connectivity index (χ0v) is 16.3. The van der Waals surface area contributed by atoms with Crippen molar-refractivity contribution in [2.24, 2.45) is 0 Å². The Morgan fingerprint density at radius 3 is 3.07 bits per heavy atom. The minimum Gasteiger partial charge on any atom is -0.442 e. The molecule has 0 spiro atoms. The lowest BCUT2D eigenvalue weighted by molar-refractivity contribution is -0.119. The Labute approximate surface area is 169 Å². The van der Waals surface area contributed by atoms with Crippen molar-refractivity contribution in [3.63, 3.8) is 0 Å². The second-order valence-electron chi connectivity index (χ2n) is 6.56. The molecule has 2 aromatic heterocycles. The van der Waals surface area contributed by atoms with Gasteiger partial charge in [0.05, 0.1) is 30.9 Å². The molecule has 0 radical (unpaired) electrons. The number of anilines is 1. The number of rotatable bonds is 6. The van der Waals surface area contributed by atoms with Crippen molar-refractivity contribution in [3.05, 3.63) is 52.6 Å². The fourth-order valence-electron chi connectivity index (χ4n) is 3.03. The van der Waals surface area contributed by atoms with Crippen molar-refractivity contribution in [1.82, 2.24) is 20.3 Å². The average Bonchev–Trinajstić information content (AvgIpc) is 3.42. The van der Waals surface area contributed by atoms with Gasteiger partial charge in [0.15, 0.2) is 0 Å². The van der Waals surface area contributed by atoms with E-state index in [4.69, 9.17) is 4.74 Å². The zero-order valence-electron chi connectivity index (χ0n) is 15.5. The molecule has 1 saturated heterocycles. The number of halogens is 1. The first-order valence-corrected chi connectivity index (χ1v) is 9.82. The number of aromatic amines is 1. The van der Waals surface area contributed by atoms with Gasteiger partial charge in [0.25, 0.3) is 0 Å². The molecule has 29 heavy (non-hydrogen) atoms. The topological polar surface area (TPSA) is 100 Å². The summed E-state index contributed by atoms with van der Waals surface area (Å²) in [5.74, 6) is 0.114. The Morgan fingerprint density at radius 1 is 1.48 bits per heavy atom. The molecule has 1 aromatic carbocycles. The zero-order chi connectivity index (χ0) is 20.4. The van der Waals surface area contributed by atoms with Crippen LogP contribution in [0.25, 0.3) is 11.3 Å². The number of ether oxygens (including phenoxy) is 1. The summed E-state index contributed by atoms with van der Waals surface area (Å²) in [6, 6.07) is 4.56. The van der Waals surface area contributed by atoms with E-state index < -0.39 is 18.0 Å². The second-order valence-corrected chi connectivity index (χ2v) is 7.50. The number of cyclic esters (lactones) is 1.